The average Bonchev–Trinajstić information content (AvgIpc) is 2.46. The topological polar surface area (TPSA) is 33.0 Å². The Hall–Kier alpha value is -2.24. The van der Waals surface area contributed by atoms with Crippen molar-refractivity contribution < 1.29 is 4.74 Å². The Morgan fingerprint density at radius 1 is 1.16 bits per heavy atom. The molecular weight excluding hydrogens is 258 g/mol. The molecule has 0 N–H and O–H groups in total. The van der Waals surface area contributed by atoms with E-state index < -0.39 is 0 Å². The van der Waals surface area contributed by atoms with Crippen LogP contribution >= 0.6 is 11.6 Å². The molecule has 0 aliphatic carbocycles. The Balaban J connectivity index is 2.52. The summed E-state index contributed by atoms with van der Waals surface area (Å²) in [5.41, 5.74) is 2.08. The van der Waals surface area contributed by atoms with Crippen LogP contribution in [0.4, 0.5) is 0 Å². The van der Waals surface area contributed by atoms with Gasteiger partial charge in [0.25, 0.3) is 0 Å². The van der Waals surface area contributed by atoms with Crippen LogP contribution in [-0.2, 0) is 0 Å². The molecule has 0 aromatic heterocycles. The number of nitrogens with zero attached hydrogens (tertiary/aromatic N) is 1. The highest BCUT2D eigenvalue weighted by Gasteiger charge is 2.07. The van der Waals surface area contributed by atoms with E-state index in [1.165, 1.54) is 0 Å². The Bertz CT molecular complexity index is 656. The second-order valence-corrected chi connectivity index (χ2v) is 4.30. The number of ether oxygens (including phenoxy) is 1. The molecule has 0 aliphatic heterocycles. The van der Waals surface area contributed by atoms with Gasteiger partial charge >= 0.3 is 0 Å². The molecule has 0 unspecified atom stereocenters. The number of benzene rings is 2. The molecule has 0 fully saturated rings. The minimum atomic E-state index is 0.509. The predicted molar refractivity (Wildman–Crippen MR) is 77.9 cm³/mol. The summed E-state index contributed by atoms with van der Waals surface area (Å²) in [4.78, 5) is 0. The lowest BCUT2D eigenvalue weighted by molar-refractivity contribution is 0.414. The van der Waals surface area contributed by atoms with E-state index in [4.69, 9.17) is 16.3 Å². The summed E-state index contributed by atoms with van der Waals surface area (Å²) in [7, 11) is 1.61. The van der Waals surface area contributed by atoms with Crippen molar-refractivity contribution in [1.82, 2.24) is 0 Å². The van der Waals surface area contributed by atoms with Crippen LogP contribution in [0.15, 0.2) is 48.5 Å². The van der Waals surface area contributed by atoms with Crippen molar-refractivity contribution in [3.05, 3.63) is 64.7 Å². The Labute approximate surface area is 117 Å². The smallest absolute Gasteiger partial charge is 0.126 e. The molecule has 2 nitrogen and oxygen atoms in total. The summed E-state index contributed by atoms with van der Waals surface area (Å²) in [6.07, 6.45) is 1.78. The molecule has 19 heavy (non-hydrogen) atoms. The van der Waals surface area contributed by atoms with E-state index in [-0.39, 0.29) is 0 Å². The molecule has 0 spiro atoms. The van der Waals surface area contributed by atoms with E-state index in [2.05, 4.69) is 6.07 Å². The van der Waals surface area contributed by atoms with Gasteiger partial charge in [-0.3, -0.25) is 0 Å². The lowest BCUT2D eigenvalue weighted by Gasteiger charge is -2.06. The van der Waals surface area contributed by atoms with E-state index in [0.29, 0.717) is 10.6 Å². The van der Waals surface area contributed by atoms with Gasteiger partial charge in [-0.25, -0.2) is 0 Å². The molecule has 2 rings (SSSR count). The first-order chi connectivity index (χ1) is 9.26. The maximum Gasteiger partial charge on any atom is 0.126 e. The second kappa shape index (κ2) is 6.08. The van der Waals surface area contributed by atoms with E-state index in [1.54, 1.807) is 19.3 Å². The molecule has 3 heteroatoms. The fourth-order valence-electron chi connectivity index (χ4n) is 1.79. The Morgan fingerprint density at radius 2 is 1.84 bits per heavy atom. The van der Waals surface area contributed by atoms with E-state index in [1.807, 2.05) is 42.5 Å². The summed E-state index contributed by atoms with van der Waals surface area (Å²) in [5.74, 6) is 0.724. The van der Waals surface area contributed by atoms with E-state index in [9.17, 15) is 5.26 Å². The highest BCUT2D eigenvalue weighted by molar-refractivity contribution is 6.32. The third kappa shape index (κ3) is 2.96. The van der Waals surface area contributed by atoms with Gasteiger partial charge in [0.05, 0.1) is 18.8 Å². The lowest BCUT2D eigenvalue weighted by atomic mass is 10.0. The average molecular weight is 270 g/mol. The van der Waals surface area contributed by atoms with Crippen molar-refractivity contribution in [2.24, 2.45) is 0 Å². The minimum Gasteiger partial charge on any atom is -0.496 e. The fourth-order valence-corrected chi connectivity index (χ4v) is 2.03. The van der Waals surface area contributed by atoms with Gasteiger partial charge < -0.3 is 4.74 Å². The zero-order chi connectivity index (χ0) is 13.7. The maximum absolute atomic E-state index is 9.31. The van der Waals surface area contributed by atoms with Gasteiger partial charge in [0.15, 0.2) is 0 Å². The zero-order valence-corrected chi connectivity index (χ0v) is 11.2. The zero-order valence-electron chi connectivity index (χ0n) is 10.4. The molecule has 0 heterocycles. The lowest BCUT2D eigenvalue weighted by Crippen LogP contribution is -1.88. The highest BCUT2D eigenvalue weighted by Crippen LogP contribution is 2.27. The van der Waals surface area contributed by atoms with Crippen molar-refractivity contribution in [2.75, 3.05) is 7.11 Å². The molecule has 2 aromatic carbocycles. The second-order valence-electron chi connectivity index (χ2n) is 3.89. The Kier molecular flexibility index (Phi) is 4.22. The van der Waals surface area contributed by atoms with Crippen molar-refractivity contribution >= 4 is 23.3 Å². The van der Waals surface area contributed by atoms with Crippen molar-refractivity contribution in [2.45, 2.75) is 0 Å². The minimum absolute atomic E-state index is 0.509. The largest absolute Gasteiger partial charge is 0.496 e. The highest BCUT2D eigenvalue weighted by atomic mass is 35.5. The van der Waals surface area contributed by atoms with Gasteiger partial charge in [0, 0.05) is 16.1 Å². The van der Waals surface area contributed by atoms with E-state index in [0.717, 1.165) is 16.9 Å². The third-order valence-electron chi connectivity index (χ3n) is 2.72. The summed E-state index contributed by atoms with van der Waals surface area (Å²) < 4.78 is 5.27. The number of nitriles is 1. The van der Waals surface area contributed by atoms with Gasteiger partial charge in [0.1, 0.15) is 5.75 Å². The SMILES string of the molecule is COc1ccccc1C=C(C#N)c1ccccc1Cl. The number of rotatable bonds is 3. The number of hydrogen-bond acceptors (Lipinski definition) is 2. The first-order valence-corrected chi connectivity index (χ1v) is 6.13. The predicted octanol–water partition coefficient (Wildman–Crippen LogP) is 4.41. The summed E-state index contributed by atoms with van der Waals surface area (Å²) in [5, 5.41) is 9.87. The van der Waals surface area contributed by atoms with Crippen LogP contribution in [0.25, 0.3) is 11.6 Å². The van der Waals surface area contributed by atoms with Gasteiger partial charge in [-0.15, -0.1) is 0 Å². The molecule has 0 radical (unpaired) electrons. The summed E-state index contributed by atoms with van der Waals surface area (Å²) >= 11 is 6.11. The monoisotopic (exact) mass is 269 g/mol. The molecule has 0 bridgehead atoms. The van der Waals surface area contributed by atoms with Gasteiger partial charge in [-0.1, -0.05) is 48.0 Å². The van der Waals surface area contributed by atoms with E-state index >= 15 is 0 Å². The number of halogens is 1. The van der Waals surface area contributed by atoms with Crippen LogP contribution < -0.4 is 4.74 Å². The molecule has 0 amide bonds. The molecule has 94 valence electrons. The standard InChI is InChI=1S/C16H12ClNO/c1-19-16-9-5-2-6-12(16)10-13(11-18)14-7-3-4-8-15(14)17/h2-10H,1H3. The van der Waals surface area contributed by atoms with Crippen LogP contribution in [0.5, 0.6) is 5.75 Å². The number of methoxy groups -OCH3 is 1. The quantitative estimate of drug-likeness (QED) is 0.611. The molecular formula is C16H12ClNO. The molecule has 0 atom stereocenters. The van der Waals surface area contributed by atoms with Gasteiger partial charge in [-0.2, -0.15) is 5.26 Å². The molecule has 0 saturated heterocycles. The summed E-state index contributed by atoms with van der Waals surface area (Å²) in [6, 6.07) is 17.0. The molecule has 0 aliphatic rings. The normalized spacial score (nSPS) is 10.9. The van der Waals surface area contributed by atoms with Crippen LogP contribution in [-0.4, -0.2) is 7.11 Å². The number of para-hydroxylation sites is 1. The first-order valence-electron chi connectivity index (χ1n) is 5.76. The molecule has 0 saturated carbocycles. The van der Waals surface area contributed by atoms with Crippen LogP contribution in [0.1, 0.15) is 11.1 Å². The van der Waals surface area contributed by atoms with Crippen LogP contribution in [0.3, 0.4) is 0 Å². The van der Waals surface area contributed by atoms with Gasteiger partial charge in [0.2, 0.25) is 0 Å². The van der Waals surface area contributed by atoms with Crippen LogP contribution in [0.2, 0.25) is 5.02 Å². The fraction of sp³-hybridized carbons (Fsp3) is 0.0625. The third-order valence-corrected chi connectivity index (χ3v) is 3.05. The molecule has 2 aromatic rings. The number of allylic oxidation sites excluding steroid dienone is 1. The maximum atomic E-state index is 9.31. The summed E-state index contributed by atoms with van der Waals surface area (Å²) in [6.45, 7) is 0. The van der Waals surface area contributed by atoms with Crippen LogP contribution in [0, 0.1) is 11.3 Å². The number of hydrogen-bond donors (Lipinski definition) is 0. The van der Waals surface area contributed by atoms with Crippen molar-refractivity contribution in [3.8, 4) is 11.8 Å². The first kappa shape index (κ1) is 13.2. The van der Waals surface area contributed by atoms with Crippen molar-refractivity contribution in [3.63, 3.8) is 0 Å². The van der Waals surface area contributed by atoms with Crippen molar-refractivity contribution in [1.29, 1.82) is 5.26 Å². The Morgan fingerprint density at radius 3 is 2.53 bits per heavy atom. The van der Waals surface area contributed by atoms with Gasteiger partial charge in [-0.05, 0) is 18.2 Å².